The second kappa shape index (κ2) is 4.64. The molecule has 1 aliphatic carbocycles. The topological polar surface area (TPSA) is 83.6 Å². The van der Waals surface area contributed by atoms with E-state index < -0.39 is 18.1 Å². The Balaban J connectivity index is 2.23. The zero-order chi connectivity index (χ0) is 12.6. The molecule has 1 heterocycles. The predicted octanol–water partition coefficient (Wildman–Crippen LogP) is 0.578. The van der Waals surface area contributed by atoms with Crippen molar-refractivity contribution in [2.45, 2.75) is 57.2 Å². The highest BCUT2D eigenvalue weighted by molar-refractivity contribution is 5.87. The number of hydrogen-bond acceptors (Lipinski definition) is 3. The van der Waals surface area contributed by atoms with Gasteiger partial charge in [-0.2, -0.15) is 0 Å². The third kappa shape index (κ3) is 2.16. The Bertz CT molecular complexity index is 330. The molecule has 5 nitrogen and oxygen atoms in total. The summed E-state index contributed by atoms with van der Waals surface area (Å²) in [6, 6.07) is -1.18. The highest BCUT2D eigenvalue weighted by Crippen LogP contribution is 2.39. The van der Waals surface area contributed by atoms with E-state index >= 15 is 0 Å². The minimum Gasteiger partial charge on any atom is -0.480 e. The monoisotopic (exact) mass is 240 g/mol. The average Bonchev–Trinajstić information content (AvgIpc) is 2.67. The van der Waals surface area contributed by atoms with Crippen molar-refractivity contribution in [3.05, 3.63) is 0 Å². The summed E-state index contributed by atoms with van der Waals surface area (Å²) in [6.07, 6.45) is 4.78. The third-order valence-corrected chi connectivity index (χ3v) is 4.02. The lowest BCUT2D eigenvalue weighted by atomic mass is 9.84. The minimum absolute atomic E-state index is 0.100. The number of rotatable bonds is 2. The first-order chi connectivity index (χ1) is 8.02. The first-order valence-corrected chi connectivity index (χ1v) is 6.33. The highest BCUT2D eigenvalue weighted by Gasteiger charge is 2.47. The van der Waals surface area contributed by atoms with Crippen molar-refractivity contribution < 1.29 is 14.7 Å². The Hall–Kier alpha value is -1.10. The molecule has 96 valence electrons. The maximum absolute atomic E-state index is 12.1. The molecule has 0 bridgehead atoms. The smallest absolute Gasteiger partial charge is 0.326 e. The van der Waals surface area contributed by atoms with Crippen LogP contribution in [0.25, 0.3) is 0 Å². The summed E-state index contributed by atoms with van der Waals surface area (Å²) in [6.45, 7) is 1.62. The molecule has 1 saturated heterocycles. The summed E-state index contributed by atoms with van der Waals surface area (Å²) in [5.41, 5.74) is 5.62. The predicted molar refractivity (Wildman–Crippen MR) is 62.3 cm³/mol. The molecule has 0 aromatic heterocycles. The van der Waals surface area contributed by atoms with Gasteiger partial charge in [0.15, 0.2) is 0 Å². The Labute approximate surface area is 101 Å². The van der Waals surface area contributed by atoms with E-state index in [0.29, 0.717) is 12.3 Å². The Morgan fingerprint density at radius 3 is 2.59 bits per heavy atom. The third-order valence-electron chi connectivity index (χ3n) is 4.02. The number of nitrogens with two attached hydrogens (primary N) is 1. The van der Waals surface area contributed by atoms with Gasteiger partial charge in [0.25, 0.3) is 0 Å². The lowest BCUT2D eigenvalue weighted by Crippen LogP contribution is -2.51. The average molecular weight is 240 g/mol. The zero-order valence-electron chi connectivity index (χ0n) is 10.1. The summed E-state index contributed by atoms with van der Waals surface area (Å²) in [5, 5.41) is 9.23. The van der Waals surface area contributed by atoms with E-state index in [9.17, 15) is 14.7 Å². The molecule has 5 heteroatoms. The number of nitrogens with zero attached hydrogens (tertiary/aromatic N) is 1. The van der Waals surface area contributed by atoms with E-state index in [1.165, 1.54) is 0 Å². The van der Waals surface area contributed by atoms with Crippen molar-refractivity contribution in [2.24, 2.45) is 11.7 Å². The van der Waals surface area contributed by atoms with E-state index in [1.807, 2.05) is 0 Å². The fraction of sp³-hybridized carbons (Fsp3) is 0.833. The molecule has 2 rings (SSSR count). The van der Waals surface area contributed by atoms with Gasteiger partial charge in [0.05, 0.1) is 6.04 Å². The maximum Gasteiger partial charge on any atom is 0.326 e. The molecular weight excluding hydrogens is 220 g/mol. The van der Waals surface area contributed by atoms with Crippen molar-refractivity contribution in [1.82, 2.24) is 4.90 Å². The fourth-order valence-corrected chi connectivity index (χ4v) is 3.23. The standard InChI is InChI=1S/C12H20N2O3/c1-7(13)11(15)14-9-5-3-2-4-8(9)6-10(14)12(16)17/h7-10H,2-6,13H2,1H3,(H,16,17)/t7-,8+,9+,10+/m1/s1. The largest absolute Gasteiger partial charge is 0.480 e. The Morgan fingerprint density at radius 2 is 2.00 bits per heavy atom. The van der Waals surface area contributed by atoms with E-state index in [4.69, 9.17) is 5.73 Å². The molecule has 3 N–H and O–H groups in total. The maximum atomic E-state index is 12.1. The molecule has 17 heavy (non-hydrogen) atoms. The lowest BCUT2D eigenvalue weighted by Gasteiger charge is -2.33. The summed E-state index contributed by atoms with van der Waals surface area (Å²) in [5.74, 6) is -0.757. The summed E-state index contributed by atoms with van der Waals surface area (Å²) in [7, 11) is 0. The molecule has 1 aliphatic heterocycles. The normalized spacial score (nSPS) is 34.2. The van der Waals surface area contributed by atoms with Crippen LogP contribution in [0.2, 0.25) is 0 Å². The van der Waals surface area contributed by atoms with Crippen LogP contribution in [0.3, 0.4) is 0 Å². The number of amides is 1. The number of fused-ring (bicyclic) bond motifs is 1. The summed E-state index contributed by atoms with van der Waals surface area (Å²) < 4.78 is 0. The van der Waals surface area contributed by atoms with E-state index in [0.717, 1.165) is 25.7 Å². The van der Waals surface area contributed by atoms with Crippen LogP contribution in [0.1, 0.15) is 39.0 Å². The number of likely N-dealkylation sites (tertiary alicyclic amines) is 1. The number of aliphatic carboxylic acids is 1. The number of carbonyl (C=O) groups excluding carboxylic acids is 1. The zero-order valence-corrected chi connectivity index (χ0v) is 10.1. The van der Waals surface area contributed by atoms with Gasteiger partial charge in [-0.15, -0.1) is 0 Å². The molecule has 0 aromatic rings. The van der Waals surface area contributed by atoms with Crippen LogP contribution in [0.4, 0.5) is 0 Å². The van der Waals surface area contributed by atoms with Gasteiger partial charge >= 0.3 is 5.97 Å². The molecule has 2 fully saturated rings. The van der Waals surface area contributed by atoms with Crippen molar-refractivity contribution in [3.8, 4) is 0 Å². The number of hydrogen-bond donors (Lipinski definition) is 2. The fourth-order valence-electron chi connectivity index (χ4n) is 3.23. The summed E-state index contributed by atoms with van der Waals surface area (Å²) in [4.78, 5) is 24.9. The lowest BCUT2D eigenvalue weighted by molar-refractivity contribution is -0.150. The van der Waals surface area contributed by atoms with Gasteiger partial charge in [0, 0.05) is 6.04 Å². The van der Waals surface area contributed by atoms with E-state index in [1.54, 1.807) is 11.8 Å². The molecule has 4 atom stereocenters. The number of carboxylic acids is 1. The van der Waals surface area contributed by atoms with Gasteiger partial charge in [-0.3, -0.25) is 4.79 Å². The molecule has 0 unspecified atom stereocenters. The van der Waals surface area contributed by atoms with Gasteiger partial charge in [-0.25, -0.2) is 4.79 Å². The first-order valence-electron chi connectivity index (χ1n) is 6.33. The first kappa shape index (κ1) is 12.4. The summed E-state index contributed by atoms with van der Waals surface area (Å²) >= 11 is 0. The van der Waals surface area contributed by atoms with Gasteiger partial charge in [0.2, 0.25) is 5.91 Å². The SMILES string of the molecule is C[C@@H](N)C(=O)N1[C@H](C(=O)O)C[C@@H]2CCCC[C@@H]21. The second-order valence-electron chi connectivity index (χ2n) is 5.24. The highest BCUT2D eigenvalue weighted by atomic mass is 16.4. The van der Waals surface area contributed by atoms with Gasteiger partial charge in [-0.1, -0.05) is 12.8 Å². The van der Waals surface area contributed by atoms with Crippen LogP contribution in [0.5, 0.6) is 0 Å². The second-order valence-corrected chi connectivity index (χ2v) is 5.24. The Morgan fingerprint density at radius 1 is 1.35 bits per heavy atom. The molecular formula is C12H20N2O3. The minimum atomic E-state index is -0.895. The quantitative estimate of drug-likeness (QED) is 0.739. The van der Waals surface area contributed by atoms with Crippen LogP contribution in [-0.4, -0.2) is 40.0 Å². The van der Waals surface area contributed by atoms with Crippen LogP contribution < -0.4 is 5.73 Å². The molecule has 2 aliphatic rings. The van der Waals surface area contributed by atoms with Crippen molar-refractivity contribution in [2.75, 3.05) is 0 Å². The van der Waals surface area contributed by atoms with Crippen molar-refractivity contribution in [3.63, 3.8) is 0 Å². The van der Waals surface area contributed by atoms with Crippen LogP contribution in [0, 0.1) is 5.92 Å². The van der Waals surface area contributed by atoms with Gasteiger partial charge in [0.1, 0.15) is 6.04 Å². The van der Waals surface area contributed by atoms with E-state index in [-0.39, 0.29) is 11.9 Å². The van der Waals surface area contributed by atoms with Crippen molar-refractivity contribution in [1.29, 1.82) is 0 Å². The van der Waals surface area contributed by atoms with Crippen LogP contribution in [-0.2, 0) is 9.59 Å². The van der Waals surface area contributed by atoms with Crippen LogP contribution >= 0.6 is 0 Å². The number of carbonyl (C=O) groups is 2. The molecule has 1 amide bonds. The van der Waals surface area contributed by atoms with E-state index in [2.05, 4.69) is 0 Å². The Kier molecular flexibility index (Phi) is 3.38. The van der Waals surface area contributed by atoms with Gasteiger partial charge < -0.3 is 15.7 Å². The molecule has 1 saturated carbocycles. The van der Waals surface area contributed by atoms with Crippen LogP contribution in [0.15, 0.2) is 0 Å². The molecule has 0 aromatic carbocycles. The molecule has 0 spiro atoms. The number of carboxylic acid groups (broad SMARTS) is 1. The van der Waals surface area contributed by atoms with Crippen molar-refractivity contribution >= 4 is 11.9 Å². The molecule has 0 radical (unpaired) electrons. The van der Waals surface area contributed by atoms with Gasteiger partial charge in [-0.05, 0) is 32.1 Å².